The van der Waals surface area contributed by atoms with E-state index in [9.17, 15) is 14.9 Å². The number of benzene rings is 1. The van der Waals surface area contributed by atoms with E-state index in [1.807, 2.05) is 0 Å². The number of nitro groups is 1. The number of nitrogens with zero attached hydrogens (tertiary/aromatic N) is 2. The average molecular weight is 363 g/mol. The van der Waals surface area contributed by atoms with Gasteiger partial charge in [-0.1, -0.05) is 25.1 Å². The Morgan fingerprint density at radius 3 is 2.60 bits per heavy atom. The van der Waals surface area contributed by atoms with Crippen molar-refractivity contribution in [1.29, 1.82) is 0 Å². The first-order valence-electron chi connectivity index (χ1n) is 8.13. The zero-order valence-electron chi connectivity index (χ0n) is 14.2. The summed E-state index contributed by atoms with van der Waals surface area (Å²) in [5, 5.41) is 10.8. The van der Waals surface area contributed by atoms with Crippen molar-refractivity contribution in [3.63, 3.8) is 0 Å². The predicted octanol–water partition coefficient (Wildman–Crippen LogP) is 3.49. The van der Waals surface area contributed by atoms with Gasteiger partial charge in [-0.15, -0.1) is 0 Å². The molecule has 2 rings (SSSR count). The summed E-state index contributed by atoms with van der Waals surface area (Å²) in [5.41, 5.74) is 7.24. The Bertz CT molecular complexity index is 713. The molecule has 1 atom stereocenters. The molecule has 0 aliphatic carbocycles. The number of esters is 1. The highest BCUT2D eigenvalue weighted by Gasteiger charge is 2.29. The van der Waals surface area contributed by atoms with Crippen LogP contribution in [0.4, 0.5) is 5.69 Å². The minimum atomic E-state index is -0.518. The fourth-order valence-corrected chi connectivity index (χ4v) is 3.46. The number of nitro benzene ring substituents is 1. The van der Waals surface area contributed by atoms with Gasteiger partial charge in [0.2, 0.25) is 0 Å². The molecule has 0 saturated heterocycles. The number of carbonyl (C=O) groups excluding carboxylic acids is 1. The lowest BCUT2D eigenvalue weighted by Gasteiger charge is -2.23. The van der Waals surface area contributed by atoms with E-state index in [-0.39, 0.29) is 12.3 Å². The molecule has 1 unspecified atom stereocenters. The van der Waals surface area contributed by atoms with Gasteiger partial charge in [-0.3, -0.25) is 15.1 Å². The maximum absolute atomic E-state index is 12.5. The number of nitrogens with two attached hydrogens (primary N) is 1. The Balaban J connectivity index is 2.50. The number of unbranched alkanes of at least 4 members (excludes halogenated alkanes) is 1. The van der Waals surface area contributed by atoms with Crippen LogP contribution in [0.1, 0.15) is 38.7 Å². The van der Waals surface area contributed by atoms with E-state index in [0.29, 0.717) is 28.2 Å². The van der Waals surface area contributed by atoms with Crippen molar-refractivity contribution in [3.05, 3.63) is 45.5 Å². The number of non-ortho nitro benzene ring substituents is 1. The highest BCUT2D eigenvalue weighted by molar-refractivity contribution is 8.09. The Kier molecular flexibility index (Phi) is 6.72. The molecular formula is C17H21N3O4S. The van der Waals surface area contributed by atoms with Crippen LogP contribution < -0.4 is 5.73 Å². The summed E-state index contributed by atoms with van der Waals surface area (Å²) in [7, 11) is 0. The molecule has 0 bridgehead atoms. The lowest BCUT2D eigenvalue weighted by molar-refractivity contribution is -0.384. The molecular weight excluding hydrogens is 342 g/mol. The van der Waals surface area contributed by atoms with Gasteiger partial charge in [-0.05, 0) is 37.5 Å². The molecule has 8 heteroatoms. The molecule has 1 aromatic carbocycles. The molecule has 7 nitrogen and oxygen atoms in total. The first-order chi connectivity index (χ1) is 12.0. The third kappa shape index (κ3) is 4.67. The fraction of sp³-hybridized carbons (Fsp3) is 0.412. The van der Waals surface area contributed by atoms with Crippen molar-refractivity contribution < 1.29 is 14.5 Å². The number of ether oxygens (including phenoxy) is 1. The van der Waals surface area contributed by atoms with Gasteiger partial charge in [-0.2, -0.15) is 0 Å². The van der Waals surface area contributed by atoms with Gasteiger partial charge in [0.15, 0.2) is 0 Å². The van der Waals surface area contributed by atoms with Crippen molar-refractivity contribution in [2.75, 3.05) is 6.61 Å². The summed E-state index contributed by atoms with van der Waals surface area (Å²) in [6, 6.07) is 6.06. The molecule has 2 N–H and O–H groups in total. The lowest BCUT2D eigenvalue weighted by atomic mass is 10.0. The normalized spacial score (nSPS) is 17.2. The molecule has 0 saturated carbocycles. The van der Waals surface area contributed by atoms with Gasteiger partial charge in [0.05, 0.1) is 22.8 Å². The Morgan fingerprint density at radius 1 is 1.36 bits per heavy atom. The quantitative estimate of drug-likeness (QED) is 0.451. The summed E-state index contributed by atoms with van der Waals surface area (Å²) >= 11 is 1.25. The molecule has 25 heavy (non-hydrogen) atoms. The van der Waals surface area contributed by atoms with Crippen LogP contribution in [0.2, 0.25) is 0 Å². The molecule has 1 aliphatic rings. The number of thioether (sulfide) groups is 1. The number of carbonyl (C=O) groups is 1. The third-order valence-corrected chi connectivity index (χ3v) is 4.65. The van der Waals surface area contributed by atoms with E-state index in [2.05, 4.69) is 11.9 Å². The highest BCUT2D eigenvalue weighted by Crippen LogP contribution is 2.39. The highest BCUT2D eigenvalue weighted by atomic mass is 32.2. The van der Waals surface area contributed by atoms with Gasteiger partial charge < -0.3 is 10.5 Å². The standard InChI is InChI=1S/C17H21N3O4S/c1-3-5-6-13-14(16(21)24-4-2)15(25-17(18)19-13)11-7-9-12(10-8-11)20(22)23/h7-10,17H,3-6,18H2,1-2H3. The average Bonchev–Trinajstić information content (AvgIpc) is 2.59. The van der Waals surface area contributed by atoms with Crippen molar-refractivity contribution in [2.45, 2.75) is 38.6 Å². The van der Waals surface area contributed by atoms with Crippen LogP contribution in [0.25, 0.3) is 4.91 Å². The van der Waals surface area contributed by atoms with Crippen LogP contribution >= 0.6 is 11.8 Å². The van der Waals surface area contributed by atoms with E-state index in [4.69, 9.17) is 10.5 Å². The van der Waals surface area contributed by atoms with Gasteiger partial charge >= 0.3 is 5.97 Å². The van der Waals surface area contributed by atoms with Crippen molar-refractivity contribution in [1.82, 2.24) is 0 Å². The van der Waals surface area contributed by atoms with Crippen molar-refractivity contribution in [2.24, 2.45) is 10.7 Å². The maximum atomic E-state index is 12.5. The third-order valence-electron chi connectivity index (χ3n) is 3.62. The maximum Gasteiger partial charge on any atom is 0.341 e. The van der Waals surface area contributed by atoms with Crippen LogP contribution in [0, 0.1) is 10.1 Å². The second-order valence-corrected chi connectivity index (χ2v) is 6.54. The molecule has 0 fully saturated rings. The summed E-state index contributed by atoms with van der Waals surface area (Å²) in [6.07, 6.45) is 2.48. The van der Waals surface area contributed by atoms with Crippen molar-refractivity contribution >= 4 is 34.0 Å². The van der Waals surface area contributed by atoms with E-state index in [0.717, 1.165) is 12.8 Å². The molecule has 0 spiro atoms. The second-order valence-electron chi connectivity index (χ2n) is 5.42. The smallest absolute Gasteiger partial charge is 0.341 e. The monoisotopic (exact) mass is 363 g/mol. The summed E-state index contributed by atoms with van der Waals surface area (Å²) in [5.74, 6) is -0.440. The van der Waals surface area contributed by atoms with Gasteiger partial charge in [0.1, 0.15) is 5.50 Å². The molecule has 0 radical (unpaired) electrons. The molecule has 1 heterocycles. The Hall–Kier alpha value is -2.19. The first-order valence-corrected chi connectivity index (χ1v) is 9.01. The first kappa shape index (κ1) is 19.1. The van der Waals surface area contributed by atoms with Crippen LogP contribution in [-0.2, 0) is 9.53 Å². The van der Waals surface area contributed by atoms with E-state index < -0.39 is 16.4 Å². The zero-order chi connectivity index (χ0) is 18.4. The van der Waals surface area contributed by atoms with Crippen LogP contribution in [0.3, 0.4) is 0 Å². The topological polar surface area (TPSA) is 108 Å². The Labute approximate surface area is 150 Å². The summed E-state index contributed by atoms with van der Waals surface area (Å²) in [4.78, 5) is 28.0. The van der Waals surface area contributed by atoms with Gasteiger partial charge in [0.25, 0.3) is 5.69 Å². The predicted molar refractivity (Wildman–Crippen MR) is 99.2 cm³/mol. The SMILES string of the molecule is CCCCC1=NC(N)SC(c2ccc([N+](=O)[O-])cc2)=C1C(=O)OCC. The molecule has 134 valence electrons. The fourth-order valence-electron chi connectivity index (χ4n) is 2.45. The van der Waals surface area contributed by atoms with Crippen LogP contribution in [0.5, 0.6) is 0 Å². The molecule has 1 aliphatic heterocycles. The molecule has 0 aromatic heterocycles. The molecule has 0 amide bonds. The van der Waals surface area contributed by atoms with Crippen molar-refractivity contribution in [3.8, 4) is 0 Å². The zero-order valence-corrected chi connectivity index (χ0v) is 15.0. The number of hydrogen-bond donors (Lipinski definition) is 1. The van der Waals surface area contributed by atoms with Crippen LogP contribution in [0.15, 0.2) is 34.8 Å². The number of aliphatic imine (C=N–C) groups is 1. The number of rotatable bonds is 7. The minimum absolute atomic E-state index is 0.00739. The van der Waals surface area contributed by atoms with E-state index in [1.165, 1.54) is 23.9 Å². The summed E-state index contributed by atoms with van der Waals surface area (Å²) < 4.78 is 5.20. The van der Waals surface area contributed by atoms with E-state index in [1.54, 1.807) is 19.1 Å². The number of hydrogen-bond acceptors (Lipinski definition) is 7. The molecule has 1 aromatic rings. The summed E-state index contributed by atoms with van der Waals surface area (Å²) in [6.45, 7) is 4.06. The lowest BCUT2D eigenvalue weighted by Crippen LogP contribution is -2.26. The van der Waals surface area contributed by atoms with E-state index >= 15 is 0 Å². The van der Waals surface area contributed by atoms with Gasteiger partial charge in [-0.25, -0.2) is 4.79 Å². The van der Waals surface area contributed by atoms with Crippen LogP contribution in [-0.4, -0.2) is 28.7 Å². The Morgan fingerprint density at radius 2 is 2.04 bits per heavy atom. The van der Waals surface area contributed by atoms with Gasteiger partial charge in [0, 0.05) is 17.0 Å². The largest absolute Gasteiger partial charge is 0.462 e. The second kappa shape index (κ2) is 8.77. The minimum Gasteiger partial charge on any atom is -0.462 e.